The lowest BCUT2D eigenvalue weighted by molar-refractivity contribution is 0.597. The van der Waals surface area contributed by atoms with Crippen LogP contribution in [-0.4, -0.2) is 28.4 Å². The van der Waals surface area contributed by atoms with E-state index in [1.54, 1.807) is 12.1 Å². The number of anilines is 1. The van der Waals surface area contributed by atoms with Gasteiger partial charge < -0.3 is 10.6 Å². The predicted octanol–water partition coefficient (Wildman–Crippen LogP) is 1.60. The fraction of sp³-hybridized carbons (Fsp3) is 0.231. The lowest BCUT2D eigenvalue weighted by Crippen LogP contribution is -2.15. The number of fused-ring (bicyclic) bond motifs is 1. The second-order valence-corrected chi connectivity index (χ2v) is 6.31. The van der Waals surface area contributed by atoms with Crippen molar-refractivity contribution < 1.29 is 8.42 Å². The van der Waals surface area contributed by atoms with E-state index in [1.807, 2.05) is 43.3 Å². The number of nitrogens with two attached hydrogens (primary N) is 1. The third-order valence-electron chi connectivity index (χ3n) is 2.90. The van der Waals surface area contributed by atoms with Crippen molar-refractivity contribution in [3.63, 3.8) is 0 Å². The molecule has 0 amide bonds. The third kappa shape index (κ3) is 2.07. The van der Waals surface area contributed by atoms with Crippen LogP contribution < -0.4 is 10.6 Å². The highest BCUT2D eigenvalue weighted by Gasteiger charge is 2.16. The lowest BCUT2D eigenvalue weighted by Gasteiger charge is -2.16. The highest BCUT2D eigenvalue weighted by atomic mass is 32.2. The molecule has 0 bridgehead atoms. The SMILES string of the molecule is CN(C)c1cccc2c(S(=O)(=O)CN)cccc12. The zero-order chi connectivity index (χ0) is 13.3. The Balaban J connectivity index is 2.84. The van der Waals surface area contributed by atoms with Crippen molar-refractivity contribution >= 4 is 26.3 Å². The minimum absolute atomic E-state index is 0.297. The largest absolute Gasteiger partial charge is 0.377 e. The Kier molecular flexibility index (Phi) is 3.28. The molecule has 0 spiro atoms. The molecule has 0 aliphatic rings. The summed E-state index contributed by atoms with van der Waals surface area (Å²) in [4.78, 5) is 2.26. The number of hydrogen-bond donors (Lipinski definition) is 1. The smallest absolute Gasteiger partial charge is 0.191 e. The highest BCUT2D eigenvalue weighted by Crippen LogP contribution is 2.30. The van der Waals surface area contributed by atoms with Crippen LogP contribution in [0.3, 0.4) is 0 Å². The van der Waals surface area contributed by atoms with Gasteiger partial charge >= 0.3 is 0 Å². The van der Waals surface area contributed by atoms with Gasteiger partial charge in [-0.2, -0.15) is 0 Å². The summed E-state index contributed by atoms with van der Waals surface area (Å²) in [5, 5.41) is 1.63. The predicted molar refractivity (Wildman–Crippen MR) is 74.5 cm³/mol. The van der Waals surface area contributed by atoms with E-state index in [1.165, 1.54) is 0 Å². The van der Waals surface area contributed by atoms with Gasteiger partial charge in [0.2, 0.25) is 0 Å². The Labute approximate surface area is 107 Å². The van der Waals surface area contributed by atoms with E-state index in [4.69, 9.17) is 5.73 Å². The van der Waals surface area contributed by atoms with Crippen LogP contribution in [0, 0.1) is 0 Å². The summed E-state index contributed by atoms with van der Waals surface area (Å²) in [5.41, 5.74) is 6.32. The summed E-state index contributed by atoms with van der Waals surface area (Å²) < 4.78 is 23.9. The van der Waals surface area contributed by atoms with Crippen molar-refractivity contribution in [1.82, 2.24) is 0 Å². The van der Waals surface area contributed by atoms with E-state index in [0.29, 0.717) is 10.3 Å². The van der Waals surface area contributed by atoms with E-state index in [9.17, 15) is 8.42 Å². The molecule has 4 nitrogen and oxygen atoms in total. The topological polar surface area (TPSA) is 63.4 Å². The molecule has 0 saturated carbocycles. The Morgan fingerprint density at radius 3 is 2.28 bits per heavy atom. The van der Waals surface area contributed by atoms with Crippen molar-refractivity contribution in [3.05, 3.63) is 36.4 Å². The summed E-state index contributed by atoms with van der Waals surface area (Å²) in [5.74, 6) is -0.377. The number of hydrogen-bond acceptors (Lipinski definition) is 4. The standard InChI is InChI=1S/C13H16N2O2S/c1-15(2)12-7-3-6-11-10(12)5-4-8-13(11)18(16,17)9-14/h3-8H,9,14H2,1-2H3. The molecule has 5 heteroatoms. The maximum atomic E-state index is 12.0. The Hall–Kier alpha value is -1.59. The number of nitrogens with zero attached hydrogens (tertiary/aromatic N) is 1. The van der Waals surface area contributed by atoms with Gasteiger partial charge in [-0.05, 0) is 12.1 Å². The fourth-order valence-corrected chi connectivity index (χ4v) is 2.99. The molecule has 2 aromatic rings. The van der Waals surface area contributed by atoms with E-state index < -0.39 is 9.84 Å². The van der Waals surface area contributed by atoms with Crippen molar-refractivity contribution in [1.29, 1.82) is 0 Å². The molecule has 0 heterocycles. The van der Waals surface area contributed by atoms with Crippen LogP contribution in [0.4, 0.5) is 5.69 Å². The minimum Gasteiger partial charge on any atom is -0.377 e. The van der Waals surface area contributed by atoms with E-state index in [-0.39, 0.29) is 5.88 Å². The lowest BCUT2D eigenvalue weighted by atomic mass is 10.1. The van der Waals surface area contributed by atoms with Gasteiger partial charge in [-0.1, -0.05) is 24.3 Å². The van der Waals surface area contributed by atoms with Gasteiger partial charge in [0.1, 0.15) is 5.88 Å². The average molecular weight is 264 g/mol. The van der Waals surface area contributed by atoms with Crippen molar-refractivity contribution in [2.45, 2.75) is 4.90 Å². The second-order valence-electron chi connectivity index (χ2n) is 4.30. The van der Waals surface area contributed by atoms with Crippen LogP contribution in [-0.2, 0) is 9.84 Å². The van der Waals surface area contributed by atoms with Gasteiger partial charge in [0.15, 0.2) is 9.84 Å². The van der Waals surface area contributed by atoms with Gasteiger partial charge in [0.25, 0.3) is 0 Å². The van der Waals surface area contributed by atoms with E-state index >= 15 is 0 Å². The molecule has 0 aliphatic heterocycles. The number of sulfone groups is 1. The average Bonchev–Trinajstić information content (AvgIpc) is 2.37. The van der Waals surface area contributed by atoms with Crippen LogP contribution in [0.2, 0.25) is 0 Å². The summed E-state index contributed by atoms with van der Waals surface area (Å²) in [7, 11) is 0.451. The zero-order valence-corrected chi connectivity index (χ0v) is 11.2. The molecule has 0 fully saturated rings. The van der Waals surface area contributed by atoms with E-state index in [0.717, 1.165) is 11.1 Å². The van der Waals surface area contributed by atoms with E-state index in [2.05, 4.69) is 0 Å². The summed E-state index contributed by atoms with van der Waals surface area (Å²) in [6.45, 7) is 0. The first-order chi connectivity index (χ1) is 8.47. The van der Waals surface area contributed by atoms with Crippen LogP contribution in [0.15, 0.2) is 41.3 Å². The van der Waals surface area contributed by atoms with Gasteiger partial charge in [-0.25, -0.2) is 8.42 Å². The van der Waals surface area contributed by atoms with Gasteiger partial charge in [0.05, 0.1) is 4.90 Å². The van der Waals surface area contributed by atoms with Gasteiger partial charge in [-0.15, -0.1) is 0 Å². The first-order valence-corrected chi connectivity index (χ1v) is 7.24. The molecule has 2 N–H and O–H groups in total. The Morgan fingerprint density at radius 2 is 1.67 bits per heavy atom. The van der Waals surface area contributed by atoms with Crippen LogP contribution in [0.25, 0.3) is 10.8 Å². The van der Waals surface area contributed by atoms with Gasteiger partial charge in [0, 0.05) is 30.6 Å². The third-order valence-corrected chi connectivity index (χ3v) is 4.36. The maximum Gasteiger partial charge on any atom is 0.191 e. The summed E-state index contributed by atoms with van der Waals surface area (Å²) in [6.07, 6.45) is 0. The van der Waals surface area contributed by atoms with Gasteiger partial charge in [-0.3, -0.25) is 0 Å². The molecule has 2 rings (SSSR count). The fourth-order valence-electron chi connectivity index (χ4n) is 2.02. The minimum atomic E-state index is -3.41. The maximum absolute atomic E-state index is 12.0. The monoisotopic (exact) mass is 264 g/mol. The Bertz CT molecular complexity index is 678. The summed E-state index contributed by atoms with van der Waals surface area (Å²) in [6, 6.07) is 10.9. The van der Waals surface area contributed by atoms with Crippen molar-refractivity contribution in [2.75, 3.05) is 24.9 Å². The molecule has 0 unspecified atom stereocenters. The molecule has 0 atom stereocenters. The van der Waals surface area contributed by atoms with Crippen molar-refractivity contribution in [2.24, 2.45) is 5.73 Å². The van der Waals surface area contributed by atoms with Crippen LogP contribution >= 0.6 is 0 Å². The first kappa shape index (κ1) is 12.9. The normalized spacial score (nSPS) is 11.7. The molecule has 96 valence electrons. The molecule has 0 aliphatic carbocycles. The molecule has 0 aromatic heterocycles. The van der Waals surface area contributed by atoms with Crippen LogP contribution in [0.5, 0.6) is 0 Å². The highest BCUT2D eigenvalue weighted by molar-refractivity contribution is 7.91. The molecule has 18 heavy (non-hydrogen) atoms. The molecular formula is C13H16N2O2S. The molecule has 2 aromatic carbocycles. The number of rotatable bonds is 3. The van der Waals surface area contributed by atoms with Crippen molar-refractivity contribution in [3.8, 4) is 0 Å². The second kappa shape index (κ2) is 4.59. The number of benzene rings is 2. The molecule has 0 saturated heterocycles. The summed E-state index contributed by atoms with van der Waals surface area (Å²) >= 11 is 0. The first-order valence-electron chi connectivity index (χ1n) is 5.59. The molecular weight excluding hydrogens is 248 g/mol. The van der Waals surface area contributed by atoms with Crippen LogP contribution in [0.1, 0.15) is 0 Å². The Morgan fingerprint density at radius 1 is 1.06 bits per heavy atom. The quantitative estimate of drug-likeness (QED) is 0.914. The molecule has 0 radical (unpaired) electrons. The zero-order valence-electron chi connectivity index (χ0n) is 10.4.